The Hall–Kier alpha value is -2.43. The monoisotopic (exact) mass is 394 g/mol. The van der Waals surface area contributed by atoms with Gasteiger partial charge < -0.3 is 14.8 Å². The van der Waals surface area contributed by atoms with Crippen molar-refractivity contribution in [2.24, 2.45) is 0 Å². The predicted molar refractivity (Wildman–Crippen MR) is 97.0 cm³/mol. The number of nitrogens with one attached hydrogen (secondary N) is 1. The summed E-state index contributed by atoms with van der Waals surface area (Å²) in [6.07, 6.45) is 0. The molecule has 10 heteroatoms. The lowest BCUT2D eigenvalue weighted by Crippen LogP contribution is -2.38. The maximum absolute atomic E-state index is 12.9. The van der Waals surface area contributed by atoms with Gasteiger partial charge in [0.2, 0.25) is 10.0 Å². The summed E-state index contributed by atoms with van der Waals surface area (Å²) >= 11 is 0. The number of nitrogens with zero attached hydrogens (tertiary/aromatic N) is 3. The quantitative estimate of drug-likeness (QED) is 0.685. The Kier molecular flexibility index (Phi) is 5.78. The number of methoxy groups -OCH3 is 2. The average molecular weight is 394 g/mol. The van der Waals surface area contributed by atoms with E-state index in [-0.39, 0.29) is 29.6 Å². The molecule has 1 aromatic heterocycles. The van der Waals surface area contributed by atoms with Gasteiger partial charge in [-0.25, -0.2) is 8.42 Å². The third kappa shape index (κ3) is 4.12. The fraction of sp³-hybridized carbons (Fsp3) is 0.412. The van der Waals surface area contributed by atoms with Crippen LogP contribution in [-0.2, 0) is 27.8 Å². The molecule has 3 rings (SSSR count). The maximum atomic E-state index is 12.9. The van der Waals surface area contributed by atoms with E-state index in [9.17, 15) is 13.2 Å². The summed E-state index contributed by atoms with van der Waals surface area (Å²) in [5, 5.41) is 6.97. The van der Waals surface area contributed by atoms with E-state index in [1.165, 1.54) is 17.5 Å². The summed E-state index contributed by atoms with van der Waals surface area (Å²) in [5.41, 5.74) is 0.936. The van der Waals surface area contributed by atoms with Crippen molar-refractivity contribution in [2.75, 3.05) is 33.9 Å². The Morgan fingerprint density at radius 3 is 2.81 bits per heavy atom. The molecule has 1 aliphatic rings. The zero-order valence-corrected chi connectivity index (χ0v) is 16.0. The number of hydrogen-bond donors (Lipinski definition) is 1. The lowest BCUT2D eigenvalue weighted by molar-refractivity contribution is 0.0931. The van der Waals surface area contributed by atoms with Crippen LogP contribution >= 0.6 is 0 Å². The van der Waals surface area contributed by atoms with Gasteiger partial charge in [0, 0.05) is 26.3 Å². The molecule has 146 valence electrons. The maximum Gasteiger partial charge on any atom is 0.271 e. The van der Waals surface area contributed by atoms with Gasteiger partial charge >= 0.3 is 0 Å². The lowest BCUT2D eigenvalue weighted by Gasteiger charge is -2.27. The SMILES string of the molecule is COCCNC(=O)c1cc2n(n1)CCN(S(=O)(=O)c1cccc(OC)c1)C2. The molecule has 0 atom stereocenters. The number of rotatable bonds is 7. The minimum Gasteiger partial charge on any atom is -0.497 e. The Morgan fingerprint density at radius 1 is 1.26 bits per heavy atom. The Balaban J connectivity index is 1.76. The summed E-state index contributed by atoms with van der Waals surface area (Å²) in [4.78, 5) is 12.3. The number of fused-ring (bicyclic) bond motifs is 1. The van der Waals surface area contributed by atoms with Crippen molar-refractivity contribution in [3.63, 3.8) is 0 Å². The highest BCUT2D eigenvalue weighted by Crippen LogP contribution is 2.24. The third-order valence-corrected chi connectivity index (χ3v) is 6.11. The van der Waals surface area contributed by atoms with Gasteiger partial charge in [0.05, 0.1) is 37.4 Å². The second-order valence-corrected chi connectivity index (χ2v) is 7.95. The van der Waals surface area contributed by atoms with Crippen molar-refractivity contribution < 1.29 is 22.7 Å². The average Bonchev–Trinajstić information content (AvgIpc) is 3.11. The van der Waals surface area contributed by atoms with E-state index >= 15 is 0 Å². The van der Waals surface area contributed by atoms with Gasteiger partial charge in [0.1, 0.15) is 11.4 Å². The molecule has 27 heavy (non-hydrogen) atoms. The molecule has 0 spiro atoms. The highest BCUT2D eigenvalue weighted by atomic mass is 32.2. The third-order valence-electron chi connectivity index (χ3n) is 4.27. The van der Waals surface area contributed by atoms with Crippen LogP contribution in [0.2, 0.25) is 0 Å². The van der Waals surface area contributed by atoms with Crippen molar-refractivity contribution in [2.45, 2.75) is 18.0 Å². The van der Waals surface area contributed by atoms with Crippen LogP contribution in [0.15, 0.2) is 35.2 Å². The molecule has 2 aromatic rings. The summed E-state index contributed by atoms with van der Waals surface area (Å²) in [7, 11) is -0.626. The van der Waals surface area contributed by atoms with Crippen molar-refractivity contribution in [1.29, 1.82) is 0 Å². The van der Waals surface area contributed by atoms with Gasteiger partial charge in [-0.3, -0.25) is 9.48 Å². The van der Waals surface area contributed by atoms with E-state index in [1.54, 1.807) is 36.1 Å². The van der Waals surface area contributed by atoms with E-state index in [2.05, 4.69) is 10.4 Å². The molecule has 0 saturated heterocycles. The van der Waals surface area contributed by atoms with Crippen LogP contribution in [0.1, 0.15) is 16.2 Å². The fourth-order valence-corrected chi connectivity index (χ4v) is 4.26. The molecule has 0 unspecified atom stereocenters. The standard InChI is InChI=1S/C17H22N4O5S/c1-25-9-6-18-17(22)16-10-13-12-20(7-8-21(13)19-16)27(23,24)15-5-3-4-14(11-15)26-2/h3-5,10-11H,6-9,12H2,1-2H3,(H,18,22). The van der Waals surface area contributed by atoms with E-state index in [4.69, 9.17) is 9.47 Å². The summed E-state index contributed by atoms with van der Waals surface area (Å²) in [6, 6.07) is 7.99. The minimum atomic E-state index is -3.67. The first kappa shape index (κ1) is 19.3. The first-order valence-electron chi connectivity index (χ1n) is 8.44. The van der Waals surface area contributed by atoms with Crippen LogP contribution in [0.25, 0.3) is 0 Å². The normalized spacial score (nSPS) is 14.6. The van der Waals surface area contributed by atoms with Gasteiger partial charge in [-0.15, -0.1) is 0 Å². The second-order valence-electron chi connectivity index (χ2n) is 6.01. The number of carbonyl (C=O) groups excluding carboxylic acids is 1. The van der Waals surface area contributed by atoms with Crippen LogP contribution in [0, 0.1) is 0 Å². The zero-order valence-electron chi connectivity index (χ0n) is 15.2. The highest BCUT2D eigenvalue weighted by Gasteiger charge is 2.30. The number of sulfonamides is 1. The number of amides is 1. The lowest BCUT2D eigenvalue weighted by atomic mass is 10.3. The summed E-state index contributed by atoms with van der Waals surface area (Å²) in [6.45, 7) is 1.60. The van der Waals surface area contributed by atoms with Crippen molar-refractivity contribution >= 4 is 15.9 Å². The smallest absolute Gasteiger partial charge is 0.271 e. The molecule has 0 saturated carbocycles. The van der Waals surface area contributed by atoms with E-state index in [0.717, 1.165) is 0 Å². The molecular formula is C17H22N4O5S. The van der Waals surface area contributed by atoms with Crippen molar-refractivity contribution in [3.05, 3.63) is 41.7 Å². The topological polar surface area (TPSA) is 103 Å². The van der Waals surface area contributed by atoms with Crippen LogP contribution < -0.4 is 10.1 Å². The molecule has 1 aliphatic heterocycles. The first-order chi connectivity index (χ1) is 13.0. The van der Waals surface area contributed by atoms with Gasteiger partial charge in [-0.1, -0.05) is 6.07 Å². The Bertz CT molecular complexity index is 925. The predicted octanol–water partition coefficient (Wildman–Crippen LogP) is 0.472. The van der Waals surface area contributed by atoms with Gasteiger partial charge in [-0.05, 0) is 18.2 Å². The molecule has 0 aliphatic carbocycles. The number of benzene rings is 1. The Morgan fingerprint density at radius 2 is 2.07 bits per heavy atom. The molecule has 0 bridgehead atoms. The number of ether oxygens (including phenoxy) is 2. The number of aromatic nitrogens is 2. The molecule has 1 amide bonds. The van der Waals surface area contributed by atoms with E-state index in [0.29, 0.717) is 31.1 Å². The minimum absolute atomic E-state index is 0.151. The van der Waals surface area contributed by atoms with Crippen LogP contribution in [0.4, 0.5) is 0 Å². The summed E-state index contributed by atoms with van der Waals surface area (Å²) < 4.78 is 38.9. The number of hydrogen-bond acceptors (Lipinski definition) is 6. The largest absolute Gasteiger partial charge is 0.497 e. The van der Waals surface area contributed by atoms with Crippen molar-refractivity contribution in [3.8, 4) is 5.75 Å². The fourth-order valence-electron chi connectivity index (χ4n) is 2.83. The highest BCUT2D eigenvalue weighted by molar-refractivity contribution is 7.89. The van der Waals surface area contributed by atoms with Crippen molar-refractivity contribution in [1.82, 2.24) is 19.4 Å². The van der Waals surface area contributed by atoms with Crippen LogP contribution in [0.5, 0.6) is 5.75 Å². The van der Waals surface area contributed by atoms with E-state index in [1.807, 2.05) is 0 Å². The summed E-state index contributed by atoms with van der Waals surface area (Å²) in [5.74, 6) is 0.171. The zero-order chi connectivity index (χ0) is 19.4. The van der Waals surface area contributed by atoms with Gasteiger partial charge in [-0.2, -0.15) is 9.40 Å². The second kappa shape index (κ2) is 8.07. The molecule has 0 radical (unpaired) electrons. The first-order valence-corrected chi connectivity index (χ1v) is 9.88. The number of carbonyl (C=O) groups is 1. The molecule has 1 N–H and O–H groups in total. The van der Waals surface area contributed by atoms with Crippen LogP contribution in [0.3, 0.4) is 0 Å². The van der Waals surface area contributed by atoms with E-state index < -0.39 is 10.0 Å². The van der Waals surface area contributed by atoms with Gasteiger partial charge in [0.25, 0.3) is 5.91 Å². The van der Waals surface area contributed by atoms with Gasteiger partial charge in [0.15, 0.2) is 0 Å². The molecule has 0 fully saturated rings. The van der Waals surface area contributed by atoms with Crippen LogP contribution in [-0.4, -0.2) is 62.3 Å². The molecule has 2 heterocycles. The Labute approximate surface area is 157 Å². The molecule has 9 nitrogen and oxygen atoms in total. The molecular weight excluding hydrogens is 372 g/mol. The molecule has 1 aromatic carbocycles.